The van der Waals surface area contributed by atoms with Crippen LogP contribution in [0.3, 0.4) is 0 Å². The minimum absolute atomic E-state index is 0. The fourth-order valence-electron chi connectivity index (χ4n) is 4.51. The number of aryl methyl sites for hydroxylation is 2. The number of carbonyl (C=O) groups is 1. The number of thioether (sulfide) groups is 1. The van der Waals surface area contributed by atoms with Gasteiger partial charge in [-0.05, 0) is 37.5 Å². The second kappa shape index (κ2) is 9.54. The Kier molecular flexibility index (Phi) is 7.30. The molecule has 7 heteroatoms. The van der Waals surface area contributed by atoms with Gasteiger partial charge in [-0.2, -0.15) is 5.10 Å². The van der Waals surface area contributed by atoms with E-state index in [0.717, 1.165) is 25.2 Å². The molecule has 29 heavy (non-hydrogen) atoms. The number of carbonyl (C=O) groups excluding carboxylic acids is 1. The van der Waals surface area contributed by atoms with E-state index in [2.05, 4.69) is 46.9 Å². The highest BCUT2D eigenvalue weighted by Gasteiger charge is 2.38. The van der Waals surface area contributed by atoms with Crippen LogP contribution < -0.4 is 10.6 Å². The molecule has 1 saturated carbocycles. The Labute approximate surface area is 183 Å². The van der Waals surface area contributed by atoms with E-state index in [1.165, 1.54) is 36.1 Å². The summed E-state index contributed by atoms with van der Waals surface area (Å²) >= 11 is 1.95. The molecule has 1 aromatic carbocycles. The highest BCUT2D eigenvalue weighted by atomic mass is 35.5. The molecule has 5 nitrogen and oxygen atoms in total. The Bertz CT molecular complexity index is 816. The standard InChI is InChI=1S/C22H30N4OS.ClH/c1-16-5-7-18(8-6-16)28-22(9-3-4-10-22)15-24-21(27)20-13-23-12-19(20)17-11-25-26(2)14-17;/h5-8,11,14,19-20,23H,3-4,9-10,12-13,15H2,1-2H3,(H,24,27);1H/t19-,20+;/m1./s1. The predicted molar refractivity (Wildman–Crippen MR) is 121 cm³/mol. The van der Waals surface area contributed by atoms with E-state index in [1.807, 2.05) is 35.9 Å². The van der Waals surface area contributed by atoms with Gasteiger partial charge < -0.3 is 10.6 Å². The summed E-state index contributed by atoms with van der Waals surface area (Å²) in [7, 11) is 1.92. The molecular weight excluding hydrogens is 404 g/mol. The van der Waals surface area contributed by atoms with E-state index >= 15 is 0 Å². The Hall–Kier alpha value is -1.50. The maximum atomic E-state index is 13.0. The Morgan fingerprint density at radius 2 is 2.00 bits per heavy atom. The van der Waals surface area contributed by atoms with Gasteiger partial charge in [-0.1, -0.05) is 30.5 Å². The second-order valence-electron chi connectivity index (χ2n) is 8.34. The highest BCUT2D eigenvalue weighted by Crippen LogP contribution is 2.45. The van der Waals surface area contributed by atoms with Crippen molar-refractivity contribution in [3.05, 3.63) is 47.8 Å². The predicted octanol–water partition coefficient (Wildman–Crippen LogP) is 3.67. The lowest BCUT2D eigenvalue weighted by Gasteiger charge is -2.30. The van der Waals surface area contributed by atoms with Gasteiger partial charge in [-0.3, -0.25) is 9.48 Å². The quantitative estimate of drug-likeness (QED) is 0.728. The van der Waals surface area contributed by atoms with Gasteiger partial charge in [0, 0.05) is 48.4 Å². The van der Waals surface area contributed by atoms with Crippen LogP contribution in [-0.4, -0.2) is 40.1 Å². The van der Waals surface area contributed by atoms with Crippen LogP contribution in [-0.2, 0) is 11.8 Å². The molecule has 158 valence electrons. The van der Waals surface area contributed by atoms with Crippen molar-refractivity contribution in [3.63, 3.8) is 0 Å². The first kappa shape index (κ1) is 22.2. The fourth-order valence-corrected chi connectivity index (χ4v) is 5.92. The number of hydrogen-bond donors (Lipinski definition) is 2. The monoisotopic (exact) mass is 434 g/mol. The minimum atomic E-state index is -0.0213. The van der Waals surface area contributed by atoms with Gasteiger partial charge in [0.2, 0.25) is 5.91 Å². The molecule has 0 spiro atoms. The normalized spacial score (nSPS) is 23.0. The first-order chi connectivity index (χ1) is 13.5. The lowest BCUT2D eigenvalue weighted by molar-refractivity contribution is -0.124. The van der Waals surface area contributed by atoms with E-state index in [4.69, 9.17) is 0 Å². The van der Waals surface area contributed by atoms with Gasteiger partial charge in [-0.15, -0.1) is 24.2 Å². The smallest absolute Gasteiger partial charge is 0.225 e. The first-order valence-electron chi connectivity index (χ1n) is 10.3. The maximum Gasteiger partial charge on any atom is 0.225 e. The van der Waals surface area contributed by atoms with Gasteiger partial charge in [0.25, 0.3) is 0 Å². The number of hydrogen-bond acceptors (Lipinski definition) is 4. The van der Waals surface area contributed by atoms with E-state index in [1.54, 1.807) is 0 Å². The SMILES string of the molecule is Cc1ccc(SC2(CNC(=O)[C@H]3CNC[C@@H]3c3cnn(C)c3)CCCC2)cc1.Cl. The van der Waals surface area contributed by atoms with Crippen LogP contribution in [0.5, 0.6) is 0 Å². The molecule has 1 aromatic heterocycles. The number of nitrogens with one attached hydrogen (secondary N) is 2. The number of benzene rings is 1. The first-order valence-corrected chi connectivity index (χ1v) is 11.1. The van der Waals surface area contributed by atoms with Crippen molar-refractivity contribution >= 4 is 30.1 Å². The van der Waals surface area contributed by atoms with Crippen LogP contribution in [0, 0.1) is 12.8 Å². The van der Waals surface area contributed by atoms with Gasteiger partial charge in [0.05, 0.1) is 12.1 Å². The van der Waals surface area contributed by atoms with Crippen molar-refractivity contribution in [3.8, 4) is 0 Å². The number of nitrogens with zero attached hydrogens (tertiary/aromatic N) is 2. The van der Waals surface area contributed by atoms with Gasteiger partial charge in [0.1, 0.15) is 0 Å². The number of rotatable bonds is 6. The number of halogens is 1. The zero-order valence-electron chi connectivity index (χ0n) is 17.2. The maximum absolute atomic E-state index is 13.0. The molecule has 0 radical (unpaired) electrons. The molecule has 2 aliphatic rings. The van der Waals surface area contributed by atoms with Crippen LogP contribution in [0.15, 0.2) is 41.6 Å². The molecule has 1 aliphatic heterocycles. The van der Waals surface area contributed by atoms with Crippen molar-refractivity contribution in [1.29, 1.82) is 0 Å². The Morgan fingerprint density at radius 3 is 2.66 bits per heavy atom. The summed E-state index contributed by atoms with van der Waals surface area (Å²) in [4.78, 5) is 14.3. The molecule has 2 heterocycles. The third-order valence-electron chi connectivity index (χ3n) is 6.16. The minimum Gasteiger partial charge on any atom is -0.354 e. The zero-order valence-corrected chi connectivity index (χ0v) is 18.8. The van der Waals surface area contributed by atoms with Crippen LogP contribution in [0.25, 0.3) is 0 Å². The molecule has 0 bridgehead atoms. The van der Waals surface area contributed by atoms with Gasteiger partial charge in [0.15, 0.2) is 0 Å². The lowest BCUT2D eigenvalue weighted by atomic mass is 9.90. The summed E-state index contributed by atoms with van der Waals surface area (Å²) in [5.74, 6) is 0.361. The molecule has 2 fully saturated rings. The zero-order chi connectivity index (χ0) is 19.6. The van der Waals surface area contributed by atoms with Crippen LogP contribution >= 0.6 is 24.2 Å². The largest absolute Gasteiger partial charge is 0.354 e. The molecule has 1 aliphatic carbocycles. The summed E-state index contributed by atoms with van der Waals surface area (Å²) in [6.07, 6.45) is 8.75. The average Bonchev–Trinajstić information content (AvgIpc) is 3.43. The van der Waals surface area contributed by atoms with E-state index in [-0.39, 0.29) is 34.9 Å². The summed E-state index contributed by atoms with van der Waals surface area (Å²) in [6, 6.07) is 8.76. The van der Waals surface area contributed by atoms with E-state index in [0.29, 0.717) is 0 Å². The van der Waals surface area contributed by atoms with Crippen LogP contribution in [0.2, 0.25) is 0 Å². The highest BCUT2D eigenvalue weighted by molar-refractivity contribution is 8.00. The third-order valence-corrected chi connectivity index (χ3v) is 7.65. The molecule has 2 atom stereocenters. The molecular formula is C22H31ClN4OS. The van der Waals surface area contributed by atoms with E-state index < -0.39 is 0 Å². The molecule has 2 N–H and O–H groups in total. The van der Waals surface area contributed by atoms with Crippen molar-refractivity contribution in [2.24, 2.45) is 13.0 Å². The van der Waals surface area contributed by atoms with E-state index in [9.17, 15) is 4.79 Å². The summed E-state index contributed by atoms with van der Waals surface area (Å²) in [5.41, 5.74) is 2.44. The second-order valence-corrected chi connectivity index (χ2v) is 9.88. The molecule has 1 amide bonds. The number of aromatic nitrogens is 2. The van der Waals surface area contributed by atoms with Crippen LogP contribution in [0.1, 0.15) is 42.7 Å². The van der Waals surface area contributed by atoms with Crippen molar-refractivity contribution in [2.45, 2.75) is 48.2 Å². The Balaban J connectivity index is 0.00000240. The third kappa shape index (κ3) is 5.16. The van der Waals surface area contributed by atoms with Crippen LogP contribution in [0.4, 0.5) is 0 Å². The fraction of sp³-hybridized carbons (Fsp3) is 0.545. The molecule has 4 rings (SSSR count). The molecule has 2 aromatic rings. The van der Waals surface area contributed by atoms with Gasteiger partial charge >= 0.3 is 0 Å². The molecule has 1 saturated heterocycles. The van der Waals surface area contributed by atoms with Crippen molar-refractivity contribution < 1.29 is 4.79 Å². The summed E-state index contributed by atoms with van der Waals surface area (Å²) in [6.45, 7) is 4.45. The van der Waals surface area contributed by atoms with Crippen molar-refractivity contribution in [2.75, 3.05) is 19.6 Å². The van der Waals surface area contributed by atoms with Crippen molar-refractivity contribution in [1.82, 2.24) is 20.4 Å². The summed E-state index contributed by atoms with van der Waals surface area (Å²) < 4.78 is 1.94. The molecule has 0 unspecified atom stereocenters. The summed E-state index contributed by atoms with van der Waals surface area (Å²) in [5, 5.41) is 11.0. The Morgan fingerprint density at radius 1 is 1.28 bits per heavy atom. The topological polar surface area (TPSA) is 59.0 Å². The van der Waals surface area contributed by atoms with Gasteiger partial charge in [-0.25, -0.2) is 0 Å². The number of amides is 1. The lowest BCUT2D eigenvalue weighted by Crippen LogP contribution is -2.42. The average molecular weight is 435 g/mol.